The average Bonchev–Trinajstić information content (AvgIpc) is 2.67. The molecule has 27 heavy (non-hydrogen) atoms. The van der Waals surface area contributed by atoms with E-state index in [1.807, 2.05) is 0 Å². The van der Waals surface area contributed by atoms with Crippen molar-refractivity contribution in [2.45, 2.75) is 130 Å². The van der Waals surface area contributed by atoms with Crippen molar-refractivity contribution in [2.24, 2.45) is 5.92 Å². The SMILES string of the molecule is CC=CCCCCCCCCOC[CH]CCCCC(C)CCCCCCC. The molecule has 0 amide bonds. The zero-order valence-electron chi connectivity index (χ0n) is 19.2. The highest BCUT2D eigenvalue weighted by Crippen LogP contribution is 2.17. The molecular formula is C26H51O. The molecule has 0 aromatic rings. The quantitative estimate of drug-likeness (QED) is 0.135. The predicted molar refractivity (Wildman–Crippen MR) is 123 cm³/mol. The summed E-state index contributed by atoms with van der Waals surface area (Å²) in [6.45, 7) is 8.64. The first-order valence-corrected chi connectivity index (χ1v) is 12.3. The summed E-state index contributed by atoms with van der Waals surface area (Å²) in [5.74, 6) is 0.922. The zero-order valence-corrected chi connectivity index (χ0v) is 19.2. The first kappa shape index (κ1) is 26.7. The molecule has 0 bridgehead atoms. The van der Waals surface area contributed by atoms with Gasteiger partial charge in [0, 0.05) is 13.2 Å². The van der Waals surface area contributed by atoms with Gasteiger partial charge in [-0.25, -0.2) is 0 Å². The molecule has 0 spiro atoms. The highest BCUT2D eigenvalue weighted by atomic mass is 16.5. The molecule has 1 atom stereocenters. The van der Waals surface area contributed by atoms with Crippen LogP contribution in [0.2, 0.25) is 0 Å². The van der Waals surface area contributed by atoms with E-state index in [0.29, 0.717) is 0 Å². The number of ether oxygens (including phenoxy) is 1. The Balaban J connectivity index is 3.10. The second-order valence-corrected chi connectivity index (χ2v) is 8.44. The standard InChI is InChI=1S/C26H51O/c1-4-6-8-10-11-12-13-16-20-24-27-25-21-17-15-19-23-26(3)22-18-14-9-7-5-2/h4,6,21,26H,5,7-20,22-25H2,1-3H3. The summed E-state index contributed by atoms with van der Waals surface area (Å²) in [7, 11) is 0. The lowest BCUT2D eigenvalue weighted by Crippen LogP contribution is -1.99. The van der Waals surface area contributed by atoms with E-state index in [2.05, 4.69) is 39.3 Å². The topological polar surface area (TPSA) is 9.23 Å². The van der Waals surface area contributed by atoms with Crippen LogP contribution in [-0.4, -0.2) is 13.2 Å². The summed E-state index contributed by atoms with van der Waals surface area (Å²) in [5.41, 5.74) is 0. The summed E-state index contributed by atoms with van der Waals surface area (Å²) in [6.07, 6.45) is 30.0. The van der Waals surface area contributed by atoms with Crippen LogP contribution in [0.5, 0.6) is 0 Å². The largest absolute Gasteiger partial charge is 0.381 e. The van der Waals surface area contributed by atoms with Gasteiger partial charge in [-0.1, -0.05) is 109 Å². The van der Waals surface area contributed by atoms with Crippen LogP contribution in [0, 0.1) is 12.3 Å². The van der Waals surface area contributed by atoms with E-state index in [4.69, 9.17) is 4.74 Å². The Morgan fingerprint density at radius 3 is 2.04 bits per heavy atom. The van der Waals surface area contributed by atoms with Gasteiger partial charge < -0.3 is 4.74 Å². The van der Waals surface area contributed by atoms with Crippen molar-refractivity contribution in [2.75, 3.05) is 13.2 Å². The summed E-state index contributed by atoms with van der Waals surface area (Å²) < 4.78 is 5.74. The smallest absolute Gasteiger partial charge is 0.0497 e. The van der Waals surface area contributed by atoms with E-state index in [-0.39, 0.29) is 0 Å². The lowest BCUT2D eigenvalue weighted by Gasteiger charge is -2.11. The summed E-state index contributed by atoms with van der Waals surface area (Å²) in [5, 5.41) is 0. The minimum Gasteiger partial charge on any atom is -0.381 e. The second kappa shape index (κ2) is 23.7. The zero-order chi connectivity index (χ0) is 19.8. The lowest BCUT2D eigenvalue weighted by atomic mass is 9.96. The third kappa shape index (κ3) is 23.7. The first-order chi connectivity index (χ1) is 13.3. The van der Waals surface area contributed by atoms with Gasteiger partial charge in [0.15, 0.2) is 0 Å². The molecule has 0 saturated carbocycles. The molecule has 0 heterocycles. The molecule has 0 aromatic heterocycles. The molecule has 1 radical (unpaired) electrons. The highest BCUT2D eigenvalue weighted by molar-refractivity contribution is 4.76. The van der Waals surface area contributed by atoms with Crippen LogP contribution < -0.4 is 0 Å². The Hall–Kier alpha value is -0.300. The van der Waals surface area contributed by atoms with Gasteiger partial charge in [0.1, 0.15) is 0 Å². The molecule has 1 heteroatoms. The Morgan fingerprint density at radius 2 is 1.30 bits per heavy atom. The molecule has 1 nitrogen and oxygen atoms in total. The summed E-state index contributed by atoms with van der Waals surface area (Å²) in [4.78, 5) is 0. The Morgan fingerprint density at radius 1 is 0.704 bits per heavy atom. The predicted octanol–water partition coefficient (Wildman–Crippen LogP) is 9.07. The first-order valence-electron chi connectivity index (χ1n) is 12.3. The van der Waals surface area contributed by atoms with E-state index in [0.717, 1.165) is 19.1 Å². The molecule has 0 aliphatic rings. The number of unbranched alkanes of at least 4 members (excludes halogenated alkanes) is 13. The van der Waals surface area contributed by atoms with Gasteiger partial charge in [0.2, 0.25) is 0 Å². The minimum atomic E-state index is 0.857. The van der Waals surface area contributed by atoms with E-state index in [1.165, 1.54) is 109 Å². The fourth-order valence-corrected chi connectivity index (χ4v) is 3.61. The van der Waals surface area contributed by atoms with Crippen molar-refractivity contribution >= 4 is 0 Å². The molecule has 0 saturated heterocycles. The van der Waals surface area contributed by atoms with Gasteiger partial charge in [-0.15, -0.1) is 0 Å². The van der Waals surface area contributed by atoms with Crippen LogP contribution in [0.15, 0.2) is 12.2 Å². The van der Waals surface area contributed by atoms with Gasteiger partial charge in [0.05, 0.1) is 0 Å². The van der Waals surface area contributed by atoms with Crippen molar-refractivity contribution in [3.05, 3.63) is 18.6 Å². The third-order valence-corrected chi connectivity index (χ3v) is 5.54. The van der Waals surface area contributed by atoms with Crippen LogP contribution in [0.4, 0.5) is 0 Å². The number of hydrogen-bond donors (Lipinski definition) is 0. The fraction of sp³-hybridized carbons (Fsp3) is 0.885. The van der Waals surface area contributed by atoms with Gasteiger partial charge in [-0.05, 0) is 44.9 Å². The van der Waals surface area contributed by atoms with Gasteiger partial charge in [-0.2, -0.15) is 0 Å². The van der Waals surface area contributed by atoms with Gasteiger partial charge >= 0.3 is 0 Å². The van der Waals surface area contributed by atoms with Crippen molar-refractivity contribution in [1.29, 1.82) is 0 Å². The lowest BCUT2D eigenvalue weighted by molar-refractivity contribution is 0.147. The van der Waals surface area contributed by atoms with E-state index in [1.54, 1.807) is 0 Å². The highest BCUT2D eigenvalue weighted by Gasteiger charge is 2.02. The van der Waals surface area contributed by atoms with Gasteiger partial charge in [-0.3, -0.25) is 0 Å². The Labute approximate surface area is 172 Å². The summed E-state index contributed by atoms with van der Waals surface area (Å²) >= 11 is 0. The monoisotopic (exact) mass is 379 g/mol. The maximum atomic E-state index is 5.74. The molecule has 1 unspecified atom stereocenters. The molecule has 0 aromatic carbocycles. The van der Waals surface area contributed by atoms with Crippen LogP contribution in [-0.2, 0) is 4.74 Å². The maximum absolute atomic E-state index is 5.74. The van der Waals surface area contributed by atoms with Crippen molar-refractivity contribution < 1.29 is 4.74 Å². The molecule has 0 aliphatic carbocycles. The average molecular weight is 380 g/mol. The number of hydrogen-bond acceptors (Lipinski definition) is 1. The molecule has 0 aliphatic heterocycles. The Bertz CT molecular complexity index is 284. The summed E-state index contributed by atoms with van der Waals surface area (Å²) in [6, 6.07) is 0. The third-order valence-electron chi connectivity index (χ3n) is 5.54. The minimum absolute atomic E-state index is 0.857. The van der Waals surface area contributed by atoms with E-state index in [9.17, 15) is 0 Å². The fourth-order valence-electron chi connectivity index (χ4n) is 3.61. The van der Waals surface area contributed by atoms with Crippen molar-refractivity contribution in [3.8, 4) is 0 Å². The van der Waals surface area contributed by atoms with Gasteiger partial charge in [0.25, 0.3) is 0 Å². The number of rotatable bonds is 22. The Kier molecular flexibility index (Phi) is 23.5. The van der Waals surface area contributed by atoms with Crippen LogP contribution in [0.25, 0.3) is 0 Å². The maximum Gasteiger partial charge on any atom is 0.0497 e. The molecule has 0 rings (SSSR count). The van der Waals surface area contributed by atoms with E-state index < -0.39 is 0 Å². The normalized spacial score (nSPS) is 12.9. The second-order valence-electron chi connectivity index (χ2n) is 8.44. The molecule has 0 fully saturated rings. The van der Waals surface area contributed by atoms with Crippen LogP contribution in [0.3, 0.4) is 0 Å². The van der Waals surface area contributed by atoms with Crippen LogP contribution in [0.1, 0.15) is 130 Å². The molecular weight excluding hydrogens is 328 g/mol. The molecule has 161 valence electrons. The van der Waals surface area contributed by atoms with Crippen LogP contribution >= 0.6 is 0 Å². The molecule has 0 N–H and O–H groups in total. The van der Waals surface area contributed by atoms with Crippen molar-refractivity contribution in [1.82, 2.24) is 0 Å². The van der Waals surface area contributed by atoms with E-state index >= 15 is 0 Å². The number of allylic oxidation sites excluding steroid dienone is 2. The van der Waals surface area contributed by atoms with Crippen molar-refractivity contribution in [3.63, 3.8) is 0 Å².